The normalized spacial score (nSPS) is 11.2. The van der Waals surface area contributed by atoms with Crippen molar-refractivity contribution in [2.45, 2.75) is 24.7 Å². The highest BCUT2D eigenvalue weighted by Crippen LogP contribution is 2.23. The fourth-order valence-electron chi connectivity index (χ4n) is 1.58. The van der Waals surface area contributed by atoms with Crippen LogP contribution in [0.4, 0.5) is 0 Å². The van der Waals surface area contributed by atoms with Crippen LogP contribution in [0.3, 0.4) is 0 Å². The number of nitrogens with one attached hydrogen (secondary N) is 1. The SMILES string of the molecule is CCOC(=O)c1ccc(S(=O)(=O)NCCCC(=O)O)c(Br)c1. The number of esters is 1. The van der Waals surface area contributed by atoms with E-state index in [9.17, 15) is 18.0 Å². The van der Waals surface area contributed by atoms with E-state index in [4.69, 9.17) is 9.84 Å². The molecule has 0 aliphatic heterocycles. The molecule has 0 fully saturated rings. The number of benzene rings is 1. The molecule has 0 aliphatic rings. The zero-order valence-electron chi connectivity index (χ0n) is 11.8. The molecular weight excluding hydrogens is 378 g/mol. The number of carbonyl (C=O) groups excluding carboxylic acids is 1. The standard InChI is InChI=1S/C13H16BrNO6S/c1-2-21-13(18)9-5-6-11(10(14)8-9)22(19,20)15-7-3-4-12(16)17/h5-6,8,15H,2-4,7H2,1H3,(H,16,17). The number of aliphatic carboxylic acids is 1. The van der Waals surface area contributed by atoms with Crippen molar-refractivity contribution in [1.82, 2.24) is 4.72 Å². The molecular formula is C13H16BrNO6S. The molecule has 0 aliphatic carbocycles. The number of carboxylic acids is 1. The van der Waals surface area contributed by atoms with E-state index in [1.807, 2.05) is 0 Å². The van der Waals surface area contributed by atoms with Gasteiger partial charge in [0, 0.05) is 17.4 Å². The molecule has 1 aromatic rings. The van der Waals surface area contributed by atoms with Gasteiger partial charge in [-0.1, -0.05) is 0 Å². The van der Waals surface area contributed by atoms with Crippen LogP contribution in [0.1, 0.15) is 30.1 Å². The quantitative estimate of drug-likeness (QED) is 0.514. The van der Waals surface area contributed by atoms with Gasteiger partial charge in [0.05, 0.1) is 17.1 Å². The van der Waals surface area contributed by atoms with E-state index in [2.05, 4.69) is 20.7 Å². The number of sulfonamides is 1. The molecule has 2 N–H and O–H groups in total. The highest BCUT2D eigenvalue weighted by atomic mass is 79.9. The Kier molecular flexibility index (Phi) is 6.98. The van der Waals surface area contributed by atoms with Crippen LogP contribution in [-0.4, -0.2) is 38.6 Å². The predicted molar refractivity (Wildman–Crippen MR) is 82.2 cm³/mol. The number of carbonyl (C=O) groups is 2. The van der Waals surface area contributed by atoms with Crippen molar-refractivity contribution in [3.63, 3.8) is 0 Å². The number of ether oxygens (including phenoxy) is 1. The molecule has 22 heavy (non-hydrogen) atoms. The Bertz CT molecular complexity index is 658. The van der Waals surface area contributed by atoms with Crippen LogP contribution in [0.2, 0.25) is 0 Å². The maximum absolute atomic E-state index is 12.1. The zero-order chi connectivity index (χ0) is 16.8. The topological polar surface area (TPSA) is 110 Å². The van der Waals surface area contributed by atoms with Crippen LogP contribution in [0.5, 0.6) is 0 Å². The minimum absolute atomic E-state index is 0.0146. The fourth-order valence-corrected chi connectivity index (χ4v) is 3.73. The van der Waals surface area contributed by atoms with Crippen LogP contribution in [0.15, 0.2) is 27.6 Å². The predicted octanol–water partition coefficient (Wildman–Crippen LogP) is 1.77. The summed E-state index contributed by atoms with van der Waals surface area (Å²) in [4.78, 5) is 21.9. The first-order chi connectivity index (χ1) is 10.3. The molecule has 7 nitrogen and oxygen atoms in total. The lowest BCUT2D eigenvalue weighted by atomic mass is 10.2. The summed E-state index contributed by atoms with van der Waals surface area (Å²) in [5, 5.41) is 8.50. The molecule has 0 radical (unpaired) electrons. The molecule has 0 unspecified atom stereocenters. The highest BCUT2D eigenvalue weighted by molar-refractivity contribution is 9.10. The Hall–Kier alpha value is -1.45. The zero-order valence-corrected chi connectivity index (χ0v) is 14.2. The fraction of sp³-hybridized carbons (Fsp3) is 0.385. The smallest absolute Gasteiger partial charge is 0.338 e. The van der Waals surface area contributed by atoms with Gasteiger partial charge < -0.3 is 9.84 Å². The largest absolute Gasteiger partial charge is 0.481 e. The summed E-state index contributed by atoms with van der Waals surface area (Å²) in [5.41, 5.74) is 0.235. The van der Waals surface area contributed by atoms with E-state index in [0.717, 1.165) is 0 Å². The average Bonchev–Trinajstić information content (AvgIpc) is 2.43. The van der Waals surface area contributed by atoms with Gasteiger partial charge in [-0.05, 0) is 47.5 Å². The number of hydrogen-bond donors (Lipinski definition) is 2. The van der Waals surface area contributed by atoms with Gasteiger partial charge in [-0.25, -0.2) is 17.9 Å². The van der Waals surface area contributed by atoms with Gasteiger partial charge in [0.2, 0.25) is 10.0 Å². The van der Waals surface area contributed by atoms with E-state index in [0.29, 0.717) is 0 Å². The van der Waals surface area contributed by atoms with Crippen molar-refractivity contribution in [2.75, 3.05) is 13.2 Å². The summed E-state index contributed by atoms with van der Waals surface area (Å²) in [5.74, 6) is -1.53. The molecule has 0 bridgehead atoms. The van der Waals surface area contributed by atoms with Gasteiger partial charge in [0.15, 0.2) is 0 Å². The van der Waals surface area contributed by atoms with Crippen LogP contribution >= 0.6 is 15.9 Å². The Balaban J connectivity index is 2.83. The monoisotopic (exact) mass is 393 g/mol. The second-order valence-corrected chi connectivity index (χ2v) is 6.85. The molecule has 0 aromatic heterocycles. The Morgan fingerprint density at radius 3 is 2.59 bits per heavy atom. The van der Waals surface area contributed by atoms with Crippen molar-refractivity contribution >= 4 is 37.9 Å². The summed E-state index contributed by atoms with van der Waals surface area (Å²) in [7, 11) is -3.79. The van der Waals surface area contributed by atoms with Gasteiger partial charge in [-0.2, -0.15) is 0 Å². The van der Waals surface area contributed by atoms with Crippen LogP contribution in [-0.2, 0) is 19.6 Å². The lowest BCUT2D eigenvalue weighted by Gasteiger charge is -2.09. The lowest BCUT2D eigenvalue weighted by Crippen LogP contribution is -2.25. The molecule has 0 atom stereocenters. The average molecular weight is 394 g/mol. The summed E-state index contributed by atoms with van der Waals surface area (Å²) < 4.78 is 31.6. The van der Waals surface area contributed by atoms with Crippen molar-refractivity contribution in [3.8, 4) is 0 Å². The van der Waals surface area contributed by atoms with E-state index < -0.39 is 22.0 Å². The third-order valence-corrected chi connectivity index (χ3v) is 5.03. The van der Waals surface area contributed by atoms with Gasteiger partial charge in [0.1, 0.15) is 0 Å². The number of rotatable bonds is 8. The van der Waals surface area contributed by atoms with Gasteiger partial charge >= 0.3 is 11.9 Å². The van der Waals surface area contributed by atoms with Crippen molar-refractivity contribution in [1.29, 1.82) is 0 Å². The second-order valence-electron chi connectivity index (χ2n) is 4.26. The number of carboxylic acid groups (broad SMARTS) is 1. The van der Waals surface area contributed by atoms with E-state index >= 15 is 0 Å². The minimum atomic E-state index is -3.79. The molecule has 0 spiro atoms. The Labute approximate surface area is 136 Å². The Morgan fingerprint density at radius 2 is 2.05 bits per heavy atom. The van der Waals surface area contributed by atoms with E-state index in [-0.39, 0.29) is 40.9 Å². The maximum atomic E-state index is 12.1. The summed E-state index contributed by atoms with van der Waals surface area (Å²) in [6.07, 6.45) is 0.0680. The van der Waals surface area contributed by atoms with Gasteiger partial charge in [-0.3, -0.25) is 4.79 Å². The van der Waals surface area contributed by atoms with Crippen LogP contribution < -0.4 is 4.72 Å². The summed E-state index contributed by atoms with van der Waals surface area (Å²) in [6.45, 7) is 1.91. The van der Waals surface area contributed by atoms with Gasteiger partial charge in [0.25, 0.3) is 0 Å². The first-order valence-corrected chi connectivity index (χ1v) is 8.73. The maximum Gasteiger partial charge on any atom is 0.338 e. The van der Waals surface area contributed by atoms with E-state index in [1.54, 1.807) is 6.92 Å². The van der Waals surface area contributed by atoms with Gasteiger partial charge in [-0.15, -0.1) is 0 Å². The molecule has 122 valence electrons. The summed E-state index contributed by atoms with van der Waals surface area (Å²) in [6, 6.07) is 4.01. The first-order valence-electron chi connectivity index (χ1n) is 6.46. The summed E-state index contributed by atoms with van der Waals surface area (Å²) >= 11 is 3.11. The molecule has 0 amide bonds. The molecule has 0 saturated heterocycles. The van der Waals surface area contributed by atoms with Crippen molar-refractivity contribution < 1.29 is 27.9 Å². The highest BCUT2D eigenvalue weighted by Gasteiger charge is 2.19. The Morgan fingerprint density at radius 1 is 1.36 bits per heavy atom. The molecule has 0 heterocycles. The van der Waals surface area contributed by atoms with Crippen molar-refractivity contribution in [2.24, 2.45) is 0 Å². The molecule has 0 saturated carbocycles. The lowest BCUT2D eigenvalue weighted by molar-refractivity contribution is -0.137. The number of hydrogen-bond acceptors (Lipinski definition) is 5. The molecule has 9 heteroatoms. The molecule has 1 aromatic carbocycles. The number of halogens is 1. The van der Waals surface area contributed by atoms with Crippen LogP contribution in [0, 0.1) is 0 Å². The van der Waals surface area contributed by atoms with E-state index in [1.165, 1.54) is 18.2 Å². The third kappa shape index (κ3) is 5.39. The minimum Gasteiger partial charge on any atom is -0.481 e. The third-order valence-electron chi connectivity index (χ3n) is 2.59. The van der Waals surface area contributed by atoms with Crippen LogP contribution in [0.25, 0.3) is 0 Å². The van der Waals surface area contributed by atoms with Crippen molar-refractivity contribution in [3.05, 3.63) is 28.2 Å². The molecule has 1 rings (SSSR count). The first kappa shape index (κ1) is 18.6. The second kappa shape index (κ2) is 8.25.